The van der Waals surface area contributed by atoms with Gasteiger partial charge in [-0.2, -0.15) is 0 Å². The summed E-state index contributed by atoms with van der Waals surface area (Å²) in [4.78, 5) is 34.2. The number of benzene rings is 3. The van der Waals surface area contributed by atoms with Crippen LogP contribution in [-0.4, -0.2) is 41.1 Å². The van der Waals surface area contributed by atoms with E-state index >= 15 is 0 Å². The number of carbonyl (C=O) groups is 1. The molecule has 198 valence electrons. The molecule has 1 amide bonds. The standard InChI is InChI=1S/C29H29BrFN3O4/c1-5-6-15-33(28(35)19-11-13-20(31)14-12-19)18(2)27-32-23-10-8-7-9-22(23)29(36)34(27)24-16-21(37-3)17-25(38-4)26(24)30/h7-14,16-18H,5-6,15H2,1-4H3. The second-order valence-corrected chi connectivity index (χ2v) is 9.62. The molecule has 3 aromatic carbocycles. The normalized spacial score (nSPS) is 11.8. The lowest BCUT2D eigenvalue weighted by atomic mass is 10.1. The molecule has 0 spiro atoms. The van der Waals surface area contributed by atoms with Gasteiger partial charge in [-0.15, -0.1) is 0 Å². The van der Waals surface area contributed by atoms with Gasteiger partial charge in [0.2, 0.25) is 0 Å². The molecule has 0 fully saturated rings. The number of carbonyl (C=O) groups excluding carboxylic acids is 1. The molecule has 4 rings (SSSR count). The van der Waals surface area contributed by atoms with Crippen LogP contribution in [0.4, 0.5) is 4.39 Å². The molecule has 38 heavy (non-hydrogen) atoms. The predicted octanol–water partition coefficient (Wildman–Crippen LogP) is 6.31. The first kappa shape index (κ1) is 27.3. The number of hydrogen-bond donors (Lipinski definition) is 0. The third kappa shape index (κ3) is 5.29. The van der Waals surface area contributed by atoms with Gasteiger partial charge < -0.3 is 14.4 Å². The highest BCUT2D eigenvalue weighted by atomic mass is 79.9. The quantitative estimate of drug-likeness (QED) is 0.231. The summed E-state index contributed by atoms with van der Waals surface area (Å²) in [5.74, 6) is 0.641. The van der Waals surface area contributed by atoms with Crippen molar-refractivity contribution in [3.05, 3.63) is 92.7 Å². The van der Waals surface area contributed by atoms with Gasteiger partial charge in [0.25, 0.3) is 11.5 Å². The van der Waals surface area contributed by atoms with Gasteiger partial charge in [0, 0.05) is 24.2 Å². The fourth-order valence-electron chi connectivity index (χ4n) is 4.35. The van der Waals surface area contributed by atoms with Gasteiger partial charge in [0.05, 0.1) is 41.3 Å². The van der Waals surface area contributed by atoms with E-state index in [-0.39, 0.29) is 11.5 Å². The van der Waals surface area contributed by atoms with Crippen molar-refractivity contribution in [1.29, 1.82) is 0 Å². The van der Waals surface area contributed by atoms with Crippen LogP contribution in [0.5, 0.6) is 11.5 Å². The van der Waals surface area contributed by atoms with Gasteiger partial charge in [-0.05, 0) is 65.7 Å². The fraction of sp³-hybridized carbons (Fsp3) is 0.276. The van der Waals surface area contributed by atoms with Crippen LogP contribution in [0.25, 0.3) is 16.6 Å². The molecule has 1 heterocycles. The number of aromatic nitrogens is 2. The molecule has 9 heteroatoms. The molecule has 1 unspecified atom stereocenters. The molecule has 0 aliphatic heterocycles. The van der Waals surface area contributed by atoms with Gasteiger partial charge in [0.1, 0.15) is 23.1 Å². The minimum atomic E-state index is -0.611. The summed E-state index contributed by atoms with van der Waals surface area (Å²) >= 11 is 3.59. The molecule has 0 saturated heterocycles. The van der Waals surface area contributed by atoms with Crippen LogP contribution >= 0.6 is 15.9 Å². The van der Waals surface area contributed by atoms with Crippen molar-refractivity contribution in [2.24, 2.45) is 0 Å². The molecule has 0 radical (unpaired) electrons. The smallest absolute Gasteiger partial charge is 0.266 e. The maximum Gasteiger partial charge on any atom is 0.266 e. The largest absolute Gasteiger partial charge is 0.497 e. The molecule has 0 aliphatic rings. The van der Waals surface area contributed by atoms with E-state index in [0.29, 0.717) is 50.5 Å². The zero-order valence-electron chi connectivity index (χ0n) is 21.7. The van der Waals surface area contributed by atoms with Crippen molar-refractivity contribution in [3.63, 3.8) is 0 Å². The minimum absolute atomic E-state index is 0.276. The van der Waals surface area contributed by atoms with Crippen molar-refractivity contribution >= 4 is 32.7 Å². The molecule has 1 aromatic heterocycles. The summed E-state index contributed by atoms with van der Waals surface area (Å²) in [6.07, 6.45) is 1.60. The van der Waals surface area contributed by atoms with Crippen LogP contribution in [-0.2, 0) is 0 Å². The first-order chi connectivity index (χ1) is 18.3. The van der Waals surface area contributed by atoms with Crippen molar-refractivity contribution in [3.8, 4) is 17.2 Å². The molecule has 0 bridgehead atoms. The Hall–Kier alpha value is -3.72. The Morgan fingerprint density at radius 1 is 1.11 bits per heavy atom. The number of ether oxygens (including phenoxy) is 2. The van der Waals surface area contributed by atoms with E-state index in [1.165, 1.54) is 43.1 Å². The van der Waals surface area contributed by atoms with Crippen LogP contribution in [0.2, 0.25) is 0 Å². The van der Waals surface area contributed by atoms with Crippen LogP contribution in [0.3, 0.4) is 0 Å². The van der Waals surface area contributed by atoms with Crippen molar-refractivity contribution < 1.29 is 18.7 Å². The molecule has 7 nitrogen and oxygen atoms in total. The Morgan fingerprint density at radius 3 is 2.47 bits per heavy atom. The number of amides is 1. The Bertz CT molecular complexity index is 1520. The lowest BCUT2D eigenvalue weighted by Crippen LogP contribution is -2.38. The first-order valence-electron chi connectivity index (χ1n) is 12.3. The van der Waals surface area contributed by atoms with E-state index in [4.69, 9.17) is 14.5 Å². The lowest BCUT2D eigenvalue weighted by molar-refractivity contribution is 0.0678. The van der Waals surface area contributed by atoms with E-state index in [0.717, 1.165) is 12.8 Å². The first-order valence-corrected chi connectivity index (χ1v) is 13.1. The third-order valence-corrected chi connectivity index (χ3v) is 7.23. The number of methoxy groups -OCH3 is 2. The molecule has 0 N–H and O–H groups in total. The average molecular weight is 582 g/mol. The molecular weight excluding hydrogens is 553 g/mol. The number of nitrogens with zero attached hydrogens (tertiary/aromatic N) is 3. The van der Waals surface area contributed by atoms with Crippen LogP contribution in [0, 0.1) is 5.82 Å². The highest BCUT2D eigenvalue weighted by Crippen LogP contribution is 2.37. The Labute approximate surface area is 229 Å². The maximum atomic E-state index is 14.0. The van der Waals surface area contributed by atoms with E-state index in [9.17, 15) is 14.0 Å². The summed E-state index contributed by atoms with van der Waals surface area (Å²) in [5.41, 5.74) is 1.05. The number of rotatable bonds is 9. The summed E-state index contributed by atoms with van der Waals surface area (Å²) in [5, 5.41) is 0.433. The Kier molecular flexibility index (Phi) is 8.46. The molecular formula is C29H29BrFN3O4. The van der Waals surface area contributed by atoms with Gasteiger partial charge in [-0.3, -0.25) is 14.2 Å². The number of fused-ring (bicyclic) bond motifs is 1. The Morgan fingerprint density at radius 2 is 1.82 bits per heavy atom. The Balaban J connectivity index is 1.97. The number of hydrogen-bond acceptors (Lipinski definition) is 5. The van der Waals surface area contributed by atoms with Crippen LogP contribution in [0.1, 0.15) is 48.9 Å². The van der Waals surface area contributed by atoms with Gasteiger partial charge in [-0.25, -0.2) is 9.37 Å². The zero-order valence-corrected chi connectivity index (χ0v) is 23.3. The summed E-state index contributed by atoms with van der Waals surface area (Å²) < 4.78 is 26.6. The number of unbranched alkanes of at least 4 members (excludes halogenated alkanes) is 1. The topological polar surface area (TPSA) is 73.7 Å². The molecule has 1 atom stereocenters. The fourth-order valence-corrected chi connectivity index (χ4v) is 4.92. The molecule has 4 aromatic rings. The van der Waals surface area contributed by atoms with Gasteiger partial charge in [0.15, 0.2) is 0 Å². The second kappa shape index (κ2) is 11.8. The van der Waals surface area contributed by atoms with Crippen LogP contribution in [0.15, 0.2) is 69.9 Å². The summed E-state index contributed by atoms with van der Waals surface area (Å²) in [7, 11) is 3.06. The van der Waals surface area contributed by atoms with Crippen molar-refractivity contribution in [2.45, 2.75) is 32.7 Å². The predicted molar refractivity (Wildman–Crippen MR) is 149 cm³/mol. The van der Waals surface area contributed by atoms with Crippen molar-refractivity contribution in [1.82, 2.24) is 14.5 Å². The zero-order chi connectivity index (χ0) is 27.4. The number of para-hydroxylation sites is 1. The summed E-state index contributed by atoms with van der Waals surface area (Å²) in [6.45, 7) is 4.31. The number of halogens is 2. The van der Waals surface area contributed by atoms with Crippen LogP contribution < -0.4 is 15.0 Å². The second-order valence-electron chi connectivity index (χ2n) is 8.83. The van der Waals surface area contributed by atoms with E-state index in [2.05, 4.69) is 15.9 Å². The molecule has 0 saturated carbocycles. The monoisotopic (exact) mass is 581 g/mol. The van der Waals surface area contributed by atoms with E-state index in [1.807, 2.05) is 19.9 Å². The SMILES string of the molecule is CCCCN(C(=O)c1ccc(F)cc1)C(C)c1nc2ccccc2c(=O)n1-c1cc(OC)cc(OC)c1Br. The lowest BCUT2D eigenvalue weighted by Gasteiger charge is -2.31. The van der Waals surface area contributed by atoms with E-state index in [1.54, 1.807) is 35.2 Å². The highest BCUT2D eigenvalue weighted by Gasteiger charge is 2.28. The van der Waals surface area contributed by atoms with Gasteiger partial charge >= 0.3 is 0 Å². The molecule has 0 aliphatic carbocycles. The van der Waals surface area contributed by atoms with E-state index < -0.39 is 11.9 Å². The van der Waals surface area contributed by atoms with Crippen molar-refractivity contribution in [2.75, 3.05) is 20.8 Å². The van der Waals surface area contributed by atoms with Gasteiger partial charge in [-0.1, -0.05) is 25.5 Å². The summed E-state index contributed by atoms with van der Waals surface area (Å²) in [6, 6.07) is 15.4. The third-order valence-electron chi connectivity index (χ3n) is 6.44. The average Bonchev–Trinajstić information content (AvgIpc) is 2.93. The maximum absolute atomic E-state index is 14.0. The minimum Gasteiger partial charge on any atom is -0.497 e. The highest BCUT2D eigenvalue weighted by molar-refractivity contribution is 9.10.